The fourth-order valence-electron chi connectivity index (χ4n) is 2.83. The van der Waals surface area contributed by atoms with Gasteiger partial charge >= 0.3 is 0 Å². The van der Waals surface area contributed by atoms with E-state index in [1.165, 1.54) is 0 Å². The van der Waals surface area contributed by atoms with Crippen LogP contribution in [-0.4, -0.2) is 37.8 Å². The van der Waals surface area contributed by atoms with Gasteiger partial charge in [-0.1, -0.05) is 24.6 Å². The van der Waals surface area contributed by atoms with Gasteiger partial charge in [0, 0.05) is 16.4 Å². The van der Waals surface area contributed by atoms with Crippen molar-refractivity contribution < 1.29 is 22.7 Å². The highest BCUT2D eigenvalue weighted by Crippen LogP contribution is 2.22. The van der Waals surface area contributed by atoms with Crippen molar-refractivity contribution in [3.63, 3.8) is 0 Å². The van der Waals surface area contributed by atoms with Crippen LogP contribution in [0.15, 0.2) is 42.5 Å². The maximum absolute atomic E-state index is 12.7. The second-order valence-corrected chi connectivity index (χ2v) is 9.28. The first-order chi connectivity index (χ1) is 14.2. The van der Waals surface area contributed by atoms with Crippen LogP contribution in [0.5, 0.6) is 5.75 Å². The van der Waals surface area contributed by atoms with Crippen LogP contribution in [0.2, 0.25) is 5.02 Å². The van der Waals surface area contributed by atoms with Crippen molar-refractivity contribution in [2.24, 2.45) is 0 Å². The van der Waals surface area contributed by atoms with Gasteiger partial charge in [-0.2, -0.15) is 0 Å². The molecule has 0 aliphatic rings. The summed E-state index contributed by atoms with van der Waals surface area (Å²) in [6.45, 7) is 5.72. The molecule has 2 N–H and O–H groups in total. The summed E-state index contributed by atoms with van der Waals surface area (Å²) in [7, 11) is -4.03. The predicted molar refractivity (Wildman–Crippen MR) is 119 cm³/mol. The molecule has 9 heteroatoms. The van der Waals surface area contributed by atoms with Crippen molar-refractivity contribution in [2.45, 2.75) is 32.4 Å². The number of ether oxygens (including phenoxy) is 1. The van der Waals surface area contributed by atoms with Crippen molar-refractivity contribution in [1.82, 2.24) is 0 Å². The highest BCUT2D eigenvalue weighted by molar-refractivity contribution is 7.93. The van der Waals surface area contributed by atoms with Gasteiger partial charge in [0.25, 0.3) is 0 Å². The molecule has 0 radical (unpaired) electrons. The monoisotopic (exact) mass is 452 g/mol. The van der Waals surface area contributed by atoms with E-state index >= 15 is 0 Å². The van der Waals surface area contributed by atoms with Gasteiger partial charge in [-0.25, -0.2) is 8.42 Å². The Bertz CT molecular complexity index is 1010. The first-order valence-corrected chi connectivity index (χ1v) is 11.6. The molecule has 2 rings (SSSR count). The number of hydrogen-bond acceptors (Lipinski definition) is 5. The third kappa shape index (κ3) is 6.47. The van der Waals surface area contributed by atoms with Gasteiger partial charge < -0.3 is 15.4 Å². The van der Waals surface area contributed by atoms with Gasteiger partial charge in [0.05, 0.1) is 6.61 Å². The second-order valence-electron chi connectivity index (χ2n) is 6.66. The maximum Gasteiger partial charge on any atom is 0.242 e. The van der Waals surface area contributed by atoms with Crippen LogP contribution in [0, 0.1) is 6.92 Å². The summed E-state index contributed by atoms with van der Waals surface area (Å²) in [5.74, 6) is -1.58. The summed E-state index contributed by atoms with van der Waals surface area (Å²) in [6, 6.07) is 11.5. The Morgan fingerprint density at radius 1 is 1.07 bits per heavy atom. The van der Waals surface area contributed by atoms with Crippen molar-refractivity contribution in [1.29, 1.82) is 0 Å². The van der Waals surface area contributed by atoms with Gasteiger partial charge in [0.15, 0.2) is 9.84 Å². The van der Waals surface area contributed by atoms with Gasteiger partial charge in [-0.3, -0.25) is 9.59 Å². The highest BCUT2D eigenvalue weighted by Gasteiger charge is 2.33. The van der Waals surface area contributed by atoms with Crippen molar-refractivity contribution >= 4 is 44.6 Å². The normalized spacial score (nSPS) is 12.1. The third-order valence-corrected chi connectivity index (χ3v) is 6.65. The predicted octanol–water partition coefficient (Wildman–Crippen LogP) is 3.82. The SMILES string of the molecule is CCOc1ccc(NC(=O)CS(=O)(=O)C(CC)C(=O)Nc2cc(Cl)ccc2C)cc1. The molecule has 0 heterocycles. The van der Waals surface area contributed by atoms with Crippen LogP contribution in [-0.2, 0) is 19.4 Å². The standard InChI is InChI=1S/C21H25ClN2O5S/c1-4-19(21(26)24-18-12-15(22)7-6-14(18)3)30(27,28)13-20(25)23-16-8-10-17(11-9-16)29-5-2/h6-12,19H,4-5,13H2,1-3H3,(H,23,25)(H,24,26). The van der Waals surface area contributed by atoms with Crippen LogP contribution in [0.25, 0.3) is 0 Å². The summed E-state index contributed by atoms with van der Waals surface area (Å²) >= 11 is 5.95. The topological polar surface area (TPSA) is 102 Å². The van der Waals surface area contributed by atoms with E-state index in [2.05, 4.69) is 10.6 Å². The molecule has 0 aromatic heterocycles. The Morgan fingerprint density at radius 3 is 2.33 bits per heavy atom. The summed E-state index contributed by atoms with van der Waals surface area (Å²) in [5.41, 5.74) is 1.61. The fourth-order valence-corrected chi connectivity index (χ4v) is 4.53. The first-order valence-electron chi connectivity index (χ1n) is 9.47. The average molecular weight is 453 g/mol. The minimum Gasteiger partial charge on any atom is -0.494 e. The number of halogens is 1. The van der Waals surface area contributed by atoms with E-state index in [-0.39, 0.29) is 6.42 Å². The highest BCUT2D eigenvalue weighted by atomic mass is 35.5. The number of hydrogen-bond donors (Lipinski definition) is 2. The molecule has 2 amide bonds. The summed E-state index contributed by atoms with van der Waals surface area (Å²) in [5, 5.41) is 4.19. The molecule has 7 nitrogen and oxygen atoms in total. The Hall–Kier alpha value is -2.58. The minimum absolute atomic E-state index is 0.0319. The largest absolute Gasteiger partial charge is 0.494 e. The van der Waals surface area contributed by atoms with E-state index in [1.807, 2.05) is 6.92 Å². The Morgan fingerprint density at radius 2 is 1.73 bits per heavy atom. The molecule has 0 aliphatic carbocycles. The molecule has 2 aromatic carbocycles. The molecule has 0 bridgehead atoms. The molecule has 0 fully saturated rings. The summed E-state index contributed by atoms with van der Waals surface area (Å²) in [4.78, 5) is 24.9. The summed E-state index contributed by atoms with van der Waals surface area (Å²) in [6.07, 6.45) is 0.0319. The number of nitrogens with one attached hydrogen (secondary N) is 2. The molecular formula is C21H25ClN2O5S. The lowest BCUT2D eigenvalue weighted by Gasteiger charge is -2.17. The number of sulfone groups is 1. The van der Waals surface area contributed by atoms with E-state index in [9.17, 15) is 18.0 Å². The number of anilines is 2. The lowest BCUT2D eigenvalue weighted by Crippen LogP contribution is -2.39. The lowest BCUT2D eigenvalue weighted by atomic mass is 10.2. The van der Waals surface area contributed by atoms with E-state index in [1.54, 1.807) is 56.3 Å². The van der Waals surface area contributed by atoms with Crippen molar-refractivity contribution in [2.75, 3.05) is 23.0 Å². The van der Waals surface area contributed by atoms with E-state index < -0.39 is 32.7 Å². The first kappa shape index (κ1) is 23.7. The number of carbonyl (C=O) groups excluding carboxylic acids is 2. The zero-order valence-electron chi connectivity index (χ0n) is 17.1. The molecule has 0 aliphatic heterocycles. The smallest absolute Gasteiger partial charge is 0.242 e. The number of rotatable bonds is 9. The van der Waals surface area contributed by atoms with E-state index in [0.29, 0.717) is 28.8 Å². The summed E-state index contributed by atoms with van der Waals surface area (Å²) < 4.78 is 30.8. The van der Waals surface area contributed by atoms with Crippen LogP contribution in [0.1, 0.15) is 25.8 Å². The van der Waals surface area contributed by atoms with Crippen LogP contribution < -0.4 is 15.4 Å². The molecule has 0 saturated carbocycles. The van der Waals surface area contributed by atoms with E-state index in [4.69, 9.17) is 16.3 Å². The average Bonchev–Trinajstić information content (AvgIpc) is 2.66. The minimum atomic E-state index is -4.03. The lowest BCUT2D eigenvalue weighted by molar-refractivity contribution is -0.115. The van der Waals surface area contributed by atoms with Crippen LogP contribution in [0.4, 0.5) is 11.4 Å². The zero-order valence-corrected chi connectivity index (χ0v) is 18.6. The van der Waals surface area contributed by atoms with Crippen molar-refractivity contribution in [3.05, 3.63) is 53.1 Å². The Balaban J connectivity index is 2.06. The number of carbonyl (C=O) groups is 2. The van der Waals surface area contributed by atoms with Crippen molar-refractivity contribution in [3.8, 4) is 5.75 Å². The number of amides is 2. The molecule has 30 heavy (non-hydrogen) atoms. The molecule has 1 atom stereocenters. The van der Waals surface area contributed by atoms with Gasteiger partial charge in [0.2, 0.25) is 11.8 Å². The Labute approximate surface area is 181 Å². The van der Waals surface area contributed by atoms with Gasteiger partial charge in [-0.05, 0) is 62.2 Å². The molecule has 162 valence electrons. The molecule has 0 spiro atoms. The van der Waals surface area contributed by atoms with Gasteiger partial charge in [-0.15, -0.1) is 0 Å². The van der Waals surface area contributed by atoms with Gasteiger partial charge in [0.1, 0.15) is 16.8 Å². The van der Waals surface area contributed by atoms with E-state index in [0.717, 1.165) is 5.56 Å². The molecule has 1 unspecified atom stereocenters. The van der Waals surface area contributed by atoms with Crippen LogP contribution in [0.3, 0.4) is 0 Å². The van der Waals surface area contributed by atoms with Crippen LogP contribution >= 0.6 is 11.6 Å². The third-order valence-electron chi connectivity index (χ3n) is 4.34. The zero-order chi connectivity index (χ0) is 22.3. The Kier molecular flexibility index (Phi) is 8.25. The maximum atomic E-state index is 12.7. The molecule has 2 aromatic rings. The number of benzene rings is 2. The second kappa shape index (κ2) is 10.4. The molecular weight excluding hydrogens is 428 g/mol. The molecule has 0 saturated heterocycles. The number of aryl methyl sites for hydroxylation is 1. The quantitative estimate of drug-likeness (QED) is 0.602. The fraction of sp³-hybridized carbons (Fsp3) is 0.333.